The highest BCUT2D eigenvalue weighted by Gasteiger charge is 2.73. The van der Waals surface area contributed by atoms with Crippen LogP contribution in [0.1, 0.15) is 18.4 Å². The fraction of sp³-hybridized carbons (Fsp3) is 0.389. The second-order valence-electron chi connectivity index (χ2n) is 7.31. The van der Waals surface area contributed by atoms with Crippen molar-refractivity contribution in [3.8, 4) is 0 Å². The van der Waals surface area contributed by atoms with E-state index < -0.39 is 4.92 Å². The number of carbonyl (C=O) groups excluding carboxylic acids is 2. The van der Waals surface area contributed by atoms with E-state index in [0.29, 0.717) is 5.56 Å². The van der Waals surface area contributed by atoms with Crippen LogP contribution < -0.4 is 0 Å². The monoisotopic (exact) mass is 337 g/mol. The Kier molecular flexibility index (Phi) is 2.68. The highest BCUT2D eigenvalue weighted by atomic mass is 16.6. The number of nitro benzene ring substituents is 1. The van der Waals surface area contributed by atoms with Crippen molar-refractivity contribution in [3.05, 3.63) is 52.1 Å². The highest BCUT2D eigenvalue weighted by Crippen LogP contribution is 2.73. The first-order chi connectivity index (χ1) is 12.0. The molecule has 2 saturated carbocycles. The largest absolute Gasteiger partial charge is 0.272 e. The van der Waals surface area contributed by atoms with E-state index in [1.165, 1.54) is 18.3 Å². The Morgan fingerprint density at radius 3 is 2.36 bits per heavy atom. The molecule has 3 aliphatic carbocycles. The summed E-state index contributed by atoms with van der Waals surface area (Å²) in [6.45, 7) is 0. The third kappa shape index (κ3) is 1.78. The minimum Gasteiger partial charge on any atom is -0.272 e. The van der Waals surface area contributed by atoms with E-state index in [4.69, 9.17) is 0 Å². The molecule has 4 atom stereocenters. The minimum atomic E-state index is -0.494. The molecule has 2 bridgehead atoms. The normalized spacial score (nSPS) is 33.7. The van der Waals surface area contributed by atoms with Crippen LogP contribution in [0.25, 0.3) is 0 Å². The number of non-ortho nitro benzene ring substituents is 1. The van der Waals surface area contributed by atoms with Crippen molar-refractivity contribution in [2.24, 2.45) is 34.2 Å². The van der Waals surface area contributed by atoms with Gasteiger partial charge in [-0.3, -0.25) is 19.7 Å². The Hall–Kier alpha value is -2.83. The van der Waals surface area contributed by atoms with Crippen LogP contribution in [0.4, 0.5) is 5.69 Å². The van der Waals surface area contributed by atoms with Gasteiger partial charge in [-0.2, -0.15) is 10.1 Å². The van der Waals surface area contributed by atoms with Gasteiger partial charge in [0.15, 0.2) is 0 Å². The zero-order chi connectivity index (χ0) is 17.3. The maximum absolute atomic E-state index is 12.7. The number of hydrazone groups is 1. The Balaban J connectivity index is 1.42. The Morgan fingerprint density at radius 2 is 1.80 bits per heavy atom. The summed E-state index contributed by atoms with van der Waals surface area (Å²) in [6.07, 6.45) is 7.75. The van der Waals surface area contributed by atoms with E-state index in [2.05, 4.69) is 17.3 Å². The fourth-order valence-electron chi connectivity index (χ4n) is 5.02. The molecule has 0 aromatic heterocycles. The molecule has 1 spiro atoms. The van der Waals surface area contributed by atoms with Gasteiger partial charge in [0.05, 0.1) is 23.0 Å². The number of imide groups is 1. The van der Waals surface area contributed by atoms with Gasteiger partial charge < -0.3 is 0 Å². The Morgan fingerprint density at radius 1 is 1.16 bits per heavy atom. The molecule has 3 fully saturated rings. The van der Waals surface area contributed by atoms with Crippen LogP contribution >= 0.6 is 0 Å². The number of nitrogens with zero attached hydrogens (tertiary/aromatic N) is 3. The van der Waals surface area contributed by atoms with Gasteiger partial charge in [-0.25, -0.2) is 0 Å². The lowest BCUT2D eigenvalue weighted by atomic mass is 9.85. The van der Waals surface area contributed by atoms with Gasteiger partial charge in [0, 0.05) is 17.7 Å². The SMILES string of the molecule is O=C1[C@@H]2[C@H](C(=O)N1/N=C\c1cccc([N+](=O)[O-])c1)[C@H]1C=C[C@@H]2C12CC2. The molecule has 0 unspecified atom stereocenters. The molecule has 2 amide bonds. The average Bonchev–Trinajstić information content (AvgIpc) is 3.20. The summed E-state index contributed by atoms with van der Waals surface area (Å²) in [5.41, 5.74) is 0.584. The number of hydrogen-bond acceptors (Lipinski definition) is 5. The summed E-state index contributed by atoms with van der Waals surface area (Å²) >= 11 is 0. The highest BCUT2D eigenvalue weighted by molar-refractivity contribution is 6.07. The van der Waals surface area contributed by atoms with Gasteiger partial charge in [-0.1, -0.05) is 24.3 Å². The first kappa shape index (κ1) is 14.5. The van der Waals surface area contributed by atoms with E-state index in [9.17, 15) is 19.7 Å². The molecule has 25 heavy (non-hydrogen) atoms. The van der Waals surface area contributed by atoms with Crippen LogP contribution in [0.2, 0.25) is 0 Å². The van der Waals surface area contributed by atoms with Crippen molar-refractivity contribution in [3.63, 3.8) is 0 Å². The van der Waals surface area contributed by atoms with Crippen molar-refractivity contribution in [1.82, 2.24) is 5.01 Å². The molecular formula is C18H15N3O4. The van der Waals surface area contributed by atoms with Gasteiger partial charge in [0.2, 0.25) is 0 Å². The third-order valence-corrected chi connectivity index (χ3v) is 6.23. The van der Waals surface area contributed by atoms with Crippen LogP contribution in [0, 0.1) is 39.2 Å². The second-order valence-corrected chi connectivity index (χ2v) is 7.31. The molecule has 0 N–H and O–H groups in total. The number of allylic oxidation sites excluding steroid dienone is 2. The van der Waals surface area contributed by atoms with E-state index in [-0.39, 0.29) is 46.6 Å². The summed E-state index contributed by atoms with van der Waals surface area (Å²) < 4.78 is 0. The summed E-state index contributed by atoms with van der Waals surface area (Å²) in [5, 5.41) is 15.9. The fourth-order valence-corrected chi connectivity index (χ4v) is 5.02. The molecular weight excluding hydrogens is 322 g/mol. The summed E-state index contributed by atoms with van der Waals surface area (Å²) in [5.74, 6) is -0.715. The molecule has 126 valence electrons. The van der Waals surface area contributed by atoms with Crippen LogP contribution in [0.3, 0.4) is 0 Å². The lowest BCUT2D eigenvalue weighted by Crippen LogP contribution is -2.30. The topological polar surface area (TPSA) is 92.9 Å². The number of fused-ring (bicyclic) bond motifs is 3. The van der Waals surface area contributed by atoms with Gasteiger partial charge in [-0.05, 0) is 30.1 Å². The number of hydrogen-bond donors (Lipinski definition) is 0. The van der Waals surface area contributed by atoms with Gasteiger partial charge in [-0.15, -0.1) is 0 Å². The smallest absolute Gasteiger partial charge is 0.270 e. The van der Waals surface area contributed by atoms with E-state index in [1.807, 2.05) is 0 Å². The summed E-state index contributed by atoms with van der Waals surface area (Å²) in [7, 11) is 0. The van der Waals surface area contributed by atoms with Gasteiger partial charge in [0.1, 0.15) is 0 Å². The van der Waals surface area contributed by atoms with Crippen LogP contribution in [-0.4, -0.2) is 28.0 Å². The molecule has 7 nitrogen and oxygen atoms in total. The molecule has 7 heteroatoms. The molecule has 5 rings (SSSR count). The molecule has 1 saturated heterocycles. The van der Waals surface area contributed by atoms with Crippen molar-refractivity contribution in [2.45, 2.75) is 12.8 Å². The van der Waals surface area contributed by atoms with Crippen molar-refractivity contribution >= 4 is 23.7 Å². The second kappa shape index (κ2) is 4.62. The maximum atomic E-state index is 12.7. The minimum absolute atomic E-state index is 0.0576. The van der Waals surface area contributed by atoms with Crippen LogP contribution in [0.5, 0.6) is 0 Å². The molecule has 1 aromatic rings. The lowest BCUT2D eigenvalue weighted by molar-refractivity contribution is -0.384. The molecule has 1 heterocycles. The summed E-state index contributed by atoms with van der Waals surface area (Å²) in [4.78, 5) is 35.8. The lowest BCUT2D eigenvalue weighted by Gasteiger charge is -2.18. The van der Waals surface area contributed by atoms with E-state index >= 15 is 0 Å². The third-order valence-electron chi connectivity index (χ3n) is 6.23. The quantitative estimate of drug-likeness (QED) is 0.278. The first-order valence-corrected chi connectivity index (χ1v) is 8.37. The van der Waals surface area contributed by atoms with Crippen LogP contribution in [0.15, 0.2) is 41.5 Å². The molecule has 1 aliphatic heterocycles. The predicted octanol–water partition coefficient (Wildman–Crippen LogP) is 2.13. The Bertz CT molecular complexity index is 852. The van der Waals surface area contributed by atoms with Crippen LogP contribution in [-0.2, 0) is 9.59 Å². The maximum Gasteiger partial charge on any atom is 0.270 e. The van der Waals surface area contributed by atoms with E-state index in [1.54, 1.807) is 12.1 Å². The van der Waals surface area contributed by atoms with Gasteiger partial charge >= 0.3 is 0 Å². The van der Waals surface area contributed by atoms with E-state index in [0.717, 1.165) is 17.9 Å². The predicted molar refractivity (Wildman–Crippen MR) is 87.3 cm³/mol. The summed E-state index contributed by atoms with van der Waals surface area (Å²) in [6, 6.07) is 5.93. The number of nitro groups is 1. The molecule has 4 aliphatic rings. The number of benzene rings is 1. The molecule has 1 aromatic carbocycles. The number of rotatable bonds is 3. The molecule has 0 radical (unpaired) electrons. The standard InChI is InChI=1S/C18H15N3O4/c22-16-14-12-4-5-13(18(12)6-7-18)15(14)17(23)20(16)19-9-10-2-1-3-11(8-10)21(24)25/h1-5,8-9,12-15H,6-7H2/b19-9-/t12-,13+,14-,15+. The van der Waals surface area contributed by atoms with Crippen molar-refractivity contribution in [1.29, 1.82) is 0 Å². The zero-order valence-corrected chi connectivity index (χ0v) is 13.2. The average molecular weight is 337 g/mol. The van der Waals surface area contributed by atoms with Gasteiger partial charge in [0.25, 0.3) is 17.5 Å². The number of carbonyl (C=O) groups is 2. The zero-order valence-electron chi connectivity index (χ0n) is 13.2. The Labute approximate surface area is 143 Å². The number of amides is 2. The first-order valence-electron chi connectivity index (χ1n) is 8.37. The van der Waals surface area contributed by atoms with Crippen molar-refractivity contribution < 1.29 is 14.5 Å². The van der Waals surface area contributed by atoms with Crippen molar-refractivity contribution in [2.75, 3.05) is 0 Å².